The number of carbonyl (C=O) groups excluding carboxylic acids is 1. The number of nitriles is 1. The third-order valence-corrected chi connectivity index (χ3v) is 2.86. The fraction of sp³-hybridized carbons (Fsp3) is 0.143. The van der Waals surface area contributed by atoms with Gasteiger partial charge >= 0.3 is 0 Å². The molecule has 1 aromatic carbocycles. The molecule has 0 aliphatic carbocycles. The second kappa shape index (κ2) is 7.24. The summed E-state index contributed by atoms with van der Waals surface area (Å²) in [6.07, 6.45) is 0. The summed E-state index contributed by atoms with van der Waals surface area (Å²) < 4.78 is 5.49. The summed E-state index contributed by atoms with van der Waals surface area (Å²) in [7, 11) is 0. The van der Waals surface area contributed by atoms with Crippen molar-refractivity contribution < 1.29 is 9.53 Å². The van der Waals surface area contributed by atoms with Crippen molar-refractivity contribution in [2.24, 2.45) is 5.73 Å². The Morgan fingerprint density at radius 2 is 2.09 bits per heavy atom. The molecule has 8 heteroatoms. The molecular formula is C14H12ClN5O2. The normalized spacial score (nSPS) is 9.82. The summed E-state index contributed by atoms with van der Waals surface area (Å²) in [5.41, 5.74) is 5.97. The highest BCUT2D eigenvalue weighted by Crippen LogP contribution is 2.15. The third-order valence-electron chi connectivity index (χ3n) is 2.68. The Bertz CT molecular complexity index is 712. The zero-order valence-corrected chi connectivity index (χ0v) is 12.2. The van der Waals surface area contributed by atoms with E-state index < -0.39 is 5.91 Å². The molecule has 0 atom stereocenters. The van der Waals surface area contributed by atoms with Gasteiger partial charge in [-0.05, 0) is 30.3 Å². The molecule has 0 saturated carbocycles. The number of nitrogens with one attached hydrogen (secondary N) is 1. The maximum Gasteiger partial charge on any atom is 0.252 e. The molecule has 22 heavy (non-hydrogen) atoms. The molecule has 0 bridgehead atoms. The fourth-order valence-corrected chi connectivity index (χ4v) is 1.80. The monoisotopic (exact) mass is 317 g/mol. The lowest BCUT2D eigenvalue weighted by Gasteiger charge is -2.09. The number of benzene rings is 1. The standard InChI is InChI=1S/C14H12ClN5O2/c15-12-7-11(13(17)21)14(20-19-12)18-5-6-22-10-3-1-9(8-16)2-4-10/h1-4,7H,5-6H2,(H2,17,21)(H,18,20). The van der Waals surface area contributed by atoms with Crippen molar-refractivity contribution in [2.75, 3.05) is 18.5 Å². The van der Waals surface area contributed by atoms with Gasteiger partial charge in [0.2, 0.25) is 0 Å². The van der Waals surface area contributed by atoms with Gasteiger partial charge in [0, 0.05) is 0 Å². The number of primary amides is 1. The SMILES string of the molecule is N#Cc1ccc(OCCNc2nnc(Cl)cc2C(N)=O)cc1. The van der Waals surface area contributed by atoms with Crippen LogP contribution in [0.3, 0.4) is 0 Å². The van der Waals surface area contributed by atoms with Crippen LogP contribution >= 0.6 is 11.6 Å². The highest BCUT2D eigenvalue weighted by atomic mass is 35.5. The molecule has 0 aliphatic rings. The number of hydrogen-bond acceptors (Lipinski definition) is 6. The molecule has 0 spiro atoms. The molecule has 3 N–H and O–H groups in total. The van der Waals surface area contributed by atoms with E-state index in [9.17, 15) is 4.79 Å². The first kappa shape index (κ1) is 15.5. The summed E-state index contributed by atoms with van der Waals surface area (Å²) in [4.78, 5) is 11.3. The van der Waals surface area contributed by atoms with Crippen LogP contribution in [-0.4, -0.2) is 29.3 Å². The number of anilines is 1. The number of hydrogen-bond donors (Lipinski definition) is 2. The minimum Gasteiger partial charge on any atom is -0.492 e. The van der Waals surface area contributed by atoms with Gasteiger partial charge in [0.05, 0.1) is 23.7 Å². The van der Waals surface area contributed by atoms with E-state index in [1.54, 1.807) is 24.3 Å². The number of halogens is 1. The fourth-order valence-electron chi connectivity index (χ4n) is 1.65. The van der Waals surface area contributed by atoms with Gasteiger partial charge in [0.1, 0.15) is 12.4 Å². The summed E-state index contributed by atoms with van der Waals surface area (Å²) >= 11 is 5.67. The van der Waals surface area contributed by atoms with Gasteiger partial charge in [-0.15, -0.1) is 10.2 Å². The predicted octanol–water partition coefficient (Wildman–Crippen LogP) is 1.59. The Kier molecular flexibility index (Phi) is 5.11. The Labute approximate surface area is 131 Å². The van der Waals surface area contributed by atoms with Gasteiger partial charge in [-0.2, -0.15) is 5.26 Å². The first-order valence-electron chi connectivity index (χ1n) is 6.30. The highest BCUT2D eigenvalue weighted by molar-refractivity contribution is 6.29. The molecule has 0 fully saturated rings. The van der Waals surface area contributed by atoms with Crippen LogP contribution in [0.25, 0.3) is 0 Å². The van der Waals surface area contributed by atoms with Crippen LogP contribution in [0.5, 0.6) is 5.75 Å². The van der Waals surface area contributed by atoms with E-state index in [4.69, 9.17) is 27.3 Å². The second-order valence-corrected chi connectivity index (χ2v) is 4.59. The van der Waals surface area contributed by atoms with Crippen LogP contribution in [-0.2, 0) is 0 Å². The lowest BCUT2D eigenvalue weighted by molar-refractivity contribution is 0.100. The summed E-state index contributed by atoms with van der Waals surface area (Å²) in [5.74, 6) is 0.241. The van der Waals surface area contributed by atoms with Crippen molar-refractivity contribution in [3.63, 3.8) is 0 Å². The summed E-state index contributed by atoms with van der Waals surface area (Å²) in [5, 5.41) is 19.1. The predicted molar refractivity (Wildman–Crippen MR) is 80.7 cm³/mol. The van der Waals surface area contributed by atoms with Gasteiger partial charge < -0.3 is 15.8 Å². The number of nitrogens with two attached hydrogens (primary N) is 1. The topological polar surface area (TPSA) is 114 Å². The molecular weight excluding hydrogens is 306 g/mol. The van der Waals surface area contributed by atoms with Crippen molar-refractivity contribution in [1.29, 1.82) is 5.26 Å². The Morgan fingerprint density at radius 1 is 1.36 bits per heavy atom. The van der Waals surface area contributed by atoms with Gasteiger partial charge in [-0.3, -0.25) is 4.79 Å². The van der Waals surface area contributed by atoms with Crippen molar-refractivity contribution in [2.45, 2.75) is 0 Å². The molecule has 2 aromatic rings. The summed E-state index contributed by atoms with van der Waals surface area (Å²) in [6, 6.07) is 10.1. The molecule has 0 saturated heterocycles. The van der Waals surface area contributed by atoms with Crippen molar-refractivity contribution >= 4 is 23.3 Å². The molecule has 112 valence electrons. The van der Waals surface area contributed by atoms with Crippen molar-refractivity contribution in [3.05, 3.63) is 46.6 Å². The summed E-state index contributed by atoms with van der Waals surface area (Å²) in [6.45, 7) is 0.713. The zero-order chi connectivity index (χ0) is 15.9. The van der Waals surface area contributed by atoms with Crippen molar-refractivity contribution in [3.8, 4) is 11.8 Å². The lowest BCUT2D eigenvalue weighted by Crippen LogP contribution is -2.19. The van der Waals surface area contributed by atoms with E-state index in [0.717, 1.165) is 0 Å². The lowest BCUT2D eigenvalue weighted by atomic mass is 10.2. The van der Waals surface area contributed by atoms with Crippen molar-refractivity contribution in [1.82, 2.24) is 10.2 Å². The average molecular weight is 318 g/mol. The molecule has 1 heterocycles. The largest absolute Gasteiger partial charge is 0.492 e. The minimum absolute atomic E-state index is 0.0909. The highest BCUT2D eigenvalue weighted by Gasteiger charge is 2.11. The van der Waals surface area contributed by atoms with E-state index in [1.165, 1.54) is 6.07 Å². The molecule has 0 aliphatic heterocycles. The van der Waals surface area contributed by atoms with E-state index in [-0.39, 0.29) is 16.5 Å². The smallest absolute Gasteiger partial charge is 0.252 e. The number of ether oxygens (including phenoxy) is 1. The Morgan fingerprint density at radius 3 is 2.73 bits per heavy atom. The van der Waals surface area contributed by atoms with E-state index in [0.29, 0.717) is 24.5 Å². The number of rotatable bonds is 6. The zero-order valence-electron chi connectivity index (χ0n) is 11.4. The van der Waals surface area contributed by atoms with Gasteiger partial charge in [0.15, 0.2) is 11.0 Å². The quantitative estimate of drug-likeness (QED) is 0.782. The van der Waals surface area contributed by atoms with E-state index in [2.05, 4.69) is 15.5 Å². The van der Waals surface area contributed by atoms with Crippen LogP contribution in [0.1, 0.15) is 15.9 Å². The third kappa shape index (κ3) is 4.07. The number of amides is 1. The Balaban J connectivity index is 1.88. The van der Waals surface area contributed by atoms with Gasteiger partial charge in [-0.25, -0.2) is 0 Å². The second-order valence-electron chi connectivity index (χ2n) is 4.21. The minimum atomic E-state index is -0.646. The van der Waals surface area contributed by atoms with Crippen LogP contribution in [0.4, 0.5) is 5.82 Å². The maximum absolute atomic E-state index is 11.3. The van der Waals surface area contributed by atoms with Crippen LogP contribution in [0.15, 0.2) is 30.3 Å². The molecule has 7 nitrogen and oxygen atoms in total. The maximum atomic E-state index is 11.3. The molecule has 1 aromatic heterocycles. The number of carbonyl (C=O) groups is 1. The Hall–Kier alpha value is -2.85. The van der Waals surface area contributed by atoms with E-state index >= 15 is 0 Å². The average Bonchev–Trinajstić information content (AvgIpc) is 2.53. The van der Waals surface area contributed by atoms with Gasteiger partial charge in [0.25, 0.3) is 5.91 Å². The number of aromatic nitrogens is 2. The molecule has 0 unspecified atom stereocenters. The van der Waals surface area contributed by atoms with E-state index in [1.807, 2.05) is 6.07 Å². The molecule has 0 radical (unpaired) electrons. The van der Waals surface area contributed by atoms with Crippen LogP contribution in [0.2, 0.25) is 5.15 Å². The van der Waals surface area contributed by atoms with Gasteiger partial charge in [-0.1, -0.05) is 11.6 Å². The first-order chi connectivity index (χ1) is 10.6. The first-order valence-corrected chi connectivity index (χ1v) is 6.68. The molecule has 2 rings (SSSR count). The van der Waals surface area contributed by atoms with Crippen LogP contribution < -0.4 is 15.8 Å². The number of nitrogens with zero attached hydrogens (tertiary/aromatic N) is 3. The van der Waals surface area contributed by atoms with Crippen LogP contribution in [0, 0.1) is 11.3 Å². The molecule has 1 amide bonds.